The molecule has 0 amide bonds. The normalized spacial score (nSPS) is 11.1. The van der Waals surface area contributed by atoms with Gasteiger partial charge in [-0.3, -0.25) is 9.35 Å². The number of esters is 1. The summed E-state index contributed by atoms with van der Waals surface area (Å²) in [5.41, 5.74) is 1.93. The third-order valence-corrected chi connectivity index (χ3v) is 2.73. The van der Waals surface area contributed by atoms with Gasteiger partial charge in [-0.05, 0) is 5.56 Å². The Balaban J connectivity index is 2.47. The summed E-state index contributed by atoms with van der Waals surface area (Å²) in [4.78, 5) is 11.0. The van der Waals surface area contributed by atoms with Gasteiger partial charge in [0.2, 0.25) is 0 Å². The van der Waals surface area contributed by atoms with E-state index in [1.54, 1.807) is 12.1 Å². The molecule has 5 nitrogen and oxygen atoms in total. The third-order valence-electron chi connectivity index (χ3n) is 2.13. The Morgan fingerprint density at radius 1 is 1.24 bits per heavy atom. The first-order valence-corrected chi connectivity index (χ1v) is 6.70. The maximum absolute atomic E-state index is 11.0. The standard InChI is InChI=1S/C10H13BO5S/c11-5-8-1-3-9(4-2-8)6-16-10(12)7-17(13,14)15/h1-4H,5-7,11H2,(H,13,14,15). The van der Waals surface area contributed by atoms with Crippen LogP contribution in [-0.2, 0) is 32.6 Å². The van der Waals surface area contributed by atoms with Gasteiger partial charge in [0, 0.05) is 0 Å². The van der Waals surface area contributed by atoms with E-state index in [1.165, 1.54) is 0 Å². The Kier molecular flexibility index (Phi) is 4.71. The topological polar surface area (TPSA) is 80.7 Å². The van der Waals surface area contributed by atoms with Crippen LogP contribution in [0.25, 0.3) is 0 Å². The highest BCUT2D eigenvalue weighted by Gasteiger charge is 2.13. The van der Waals surface area contributed by atoms with E-state index in [-0.39, 0.29) is 6.61 Å². The lowest BCUT2D eigenvalue weighted by molar-refractivity contribution is -0.141. The lowest BCUT2D eigenvalue weighted by Gasteiger charge is -2.04. The predicted molar refractivity (Wildman–Crippen MR) is 64.9 cm³/mol. The number of carbonyl (C=O) groups excluding carboxylic acids is 1. The zero-order valence-electron chi connectivity index (χ0n) is 9.42. The SMILES string of the molecule is BCc1ccc(COC(=O)CS(=O)(=O)O)cc1. The van der Waals surface area contributed by atoms with Crippen molar-refractivity contribution >= 4 is 23.9 Å². The molecule has 1 aromatic rings. The van der Waals surface area contributed by atoms with Crippen molar-refractivity contribution in [3.8, 4) is 0 Å². The minimum absolute atomic E-state index is 0.00164. The first-order chi connectivity index (χ1) is 7.90. The molecule has 1 aromatic carbocycles. The average Bonchev–Trinajstić information content (AvgIpc) is 2.25. The van der Waals surface area contributed by atoms with Gasteiger partial charge in [-0.15, -0.1) is 0 Å². The third kappa shape index (κ3) is 5.51. The molecule has 0 bridgehead atoms. The minimum Gasteiger partial charge on any atom is -0.460 e. The van der Waals surface area contributed by atoms with Gasteiger partial charge < -0.3 is 4.74 Å². The molecule has 1 rings (SSSR count). The molecule has 0 aliphatic carbocycles. The predicted octanol–water partition coefficient (Wildman–Crippen LogP) is -0.249. The maximum Gasteiger partial charge on any atom is 0.323 e. The molecular formula is C10H13BO5S. The van der Waals surface area contributed by atoms with Crippen LogP contribution in [0.15, 0.2) is 24.3 Å². The number of hydrogen-bond donors (Lipinski definition) is 1. The van der Waals surface area contributed by atoms with Crippen LogP contribution in [0.5, 0.6) is 0 Å². The number of ether oxygens (including phenoxy) is 1. The summed E-state index contributed by atoms with van der Waals surface area (Å²) in [6.45, 7) is -0.00164. The van der Waals surface area contributed by atoms with Gasteiger partial charge in [0.05, 0.1) is 0 Å². The van der Waals surface area contributed by atoms with E-state index in [0.717, 1.165) is 17.4 Å². The summed E-state index contributed by atoms with van der Waals surface area (Å²) in [5.74, 6) is -1.98. The van der Waals surface area contributed by atoms with Crippen LogP contribution < -0.4 is 0 Å². The van der Waals surface area contributed by atoms with Crippen molar-refractivity contribution in [3.05, 3.63) is 35.4 Å². The van der Waals surface area contributed by atoms with Crippen molar-refractivity contribution in [1.82, 2.24) is 0 Å². The molecular weight excluding hydrogens is 243 g/mol. The summed E-state index contributed by atoms with van der Waals surface area (Å²) < 4.78 is 33.9. The van der Waals surface area contributed by atoms with Gasteiger partial charge >= 0.3 is 5.97 Å². The van der Waals surface area contributed by atoms with Crippen LogP contribution in [0.4, 0.5) is 0 Å². The fourth-order valence-electron chi connectivity index (χ4n) is 1.23. The summed E-state index contributed by atoms with van der Waals surface area (Å²) in [7, 11) is -2.28. The van der Waals surface area contributed by atoms with Crippen LogP contribution in [0, 0.1) is 0 Å². The average molecular weight is 256 g/mol. The van der Waals surface area contributed by atoms with Crippen LogP contribution >= 0.6 is 0 Å². The van der Waals surface area contributed by atoms with Crippen molar-refractivity contribution in [2.24, 2.45) is 0 Å². The molecule has 0 atom stereocenters. The highest BCUT2D eigenvalue weighted by Crippen LogP contribution is 2.05. The van der Waals surface area contributed by atoms with E-state index >= 15 is 0 Å². The molecule has 0 fully saturated rings. The first kappa shape index (κ1) is 13.7. The van der Waals surface area contributed by atoms with Crippen molar-refractivity contribution in [2.75, 3.05) is 5.75 Å². The van der Waals surface area contributed by atoms with E-state index in [4.69, 9.17) is 9.29 Å². The van der Waals surface area contributed by atoms with Crippen molar-refractivity contribution in [3.63, 3.8) is 0 Å². The van der Waals surface area contributed by atoms with Crippen LogP contribution in [0.3, 0.4) is 0 Å². The van der Waals surface area contributed by atoms with Crippen LogP contribution in [0.1, 0.15) is 11.1 Å². The fourth-order valence-corrected chi connectivity index (χ4v) is 1.61. The van der Waals surface area contributed by atoms with E-state index in [2.05, 4.69) is 0 Å². The van der Waals surface area contributed by atoms with Gasteiger partial charge in [0.15, 0.2) is 5.75 Å². The Bertz CT molecular complexity index is 480. The molecule has 7 heteroatoms. The molecule has 92 valence electrons. The van der Waals surface area contributed by atoms with E-state index < -0.39 is 21.8 Å². The van der Waals surface area contributed by atoms with Gasteiger partial charge in [-0.1, -0.05) is 36.1 Å². The Morgan fingerprint density at radius 3 is 2.24 bits per heavy atom. The lowest BCUT2D eigenvalue weighted by atomic mass is 9.96. The maximum atomic E-state index is 11.0. The first-order valence-electron chi connectivity index (χ1n) is 5.09. The Morgan fingerprint density at radius 2 is 1.76 bits per heavy atom. The van der Waals surface area contributed by atoms with E-state index in [9.17, 15) is 13.2 Å². The minimum atomic E-state index is -4.31. The molecule has 0 aliphatic rings. The summed E-state index contributed by atoms with van der Waals surface area (Å²) in [5, 5.41) is 0. The molecule has 0 aromatic heterocycles. The summed E-state index contributed by atoms with van der Waals surface area (Å²) >= 11 is 0. The summed E-state index contributed by atoms with van der Waals surface area (Å²) in [6, 6.07) is 7.43. The number of hydrogen-bond acceptors (Lipinski definition) is 4. The molecule has 0 unspecified atom stereocenters. The smallest absolute Gasteiger partial charge is 0.323 e. The molecule has 0 heterocycles. The van der Waals surface area contributed by atoms with Gasteiger partial charge in [-0.25, -0.2) is 0 Å². The van der Waals surface area contributed by atoms with Crippen LogP contribution in [0.2, 0.25) is 0 Å². The van der Waals surface area contributed by atoms with Crippen molar-refractivity contribution in [1.29, 1.82) is 0 Å². The largest absolute Gasteiger partial charge is 0.460 e. The van der Waals surface area contributed by atoms with Gasteiger partial charge in [-0.2, -0.15) is 8.42 Å². The van der Waals surface area contributed by atoms with Gasteiger partial charge in [0.1, 0.15) is 14.5 Å². The zero-order chi connectivity index (χ0) is 12.9. The fraction of sp³-hybridized carbons (Fsp3) is 0.300. The Hall–Kier alpha value is -1.34. The molecule has 0 saturated heterocycles. The molecule has 0 saturated carbocycles. The van der Waals surface area contributed by atoms with Crippen molar-refractivity contribution in [2.45, 2.75) is 12.9 Å². The zero-order valence-corrected chi connectivity index (χ0v) is 10.2. The second-order valence-corrected chi connectivity index (χ2v) is 5.01. The second kappa shape index (κ2) is 5.83. The van der Waals surface area contributed by atoms with Crippen LogP contribution in [-0.4, -0.2) is 32.5 Å². The lowest BCUT2D eigenvalue weighted by Crippen LogP contribution is -2.17. The molecule has 0 radical (unpaired) electrons. The molecule has 0 spiro atoms. The highest BCUT2D eigenvalue weighted by atomic mass is 32.2. The summed E-state index contributed by atoms with van der Waals surface area (Å²) in [6.07, 6.45) is 0.919. The second-order valence-electron chi connectivity index (χ2n) is 3.56. The highest BCUT2D eigenvalue weighted by molar-refractivity contribution is 7.86. The number of rotatable bonds is 5. The Labute approximate surface area is 101 Å². The van der Waals surface area contributed by atoms with E-state index in [1.807, 2.05) is 20.0 Å². The molecule has 17 heavy (non-hydrogen) atoms. The van der Waals surface area contributed by atoms with E-state index in [0.29, 0.717) is 0 Å². The molecule has 0 aliphatic heterocycles. The molecule has 1 N–H and O–H groups in total. The van der Waals surface area contributed by atoms with Gasteiger partial charge in [0.25, 0.3) is 10.1 Å². The quantitative estimate of drug-likeness (QED) is 0.446. The monoisotopic (exact) mass is 256 g/mol. The number of benzene rings is 1. The number of carbonyl (C=O) groups is 1. The van der Waals surface area contributed by atoms with Crippen molar-refractivity contribution < 1.29 is 22.5 Å².